The number of fused-ring (bicyclic) bond motifs is 1. The van der Waals surface area contributed by atoms with E-state index >= 15 is 0 Å². The van der Waals surface area contributed by atoms with E-state index in [2.05, 4.69) is 11.8 Å². The van der Waals surface area contributed by atoms with Crippen LogP contribution in [-0.4, -0.2) is 67.1 Å². The largest absolute Gasteiger partial charge is 0.481 e. The van der Waals surface area contributed by atoms with Gasteiger partial charge in [-0.05, 0) is 31.5 Å². The number of Topliss-reactive ketones (excluding diaryl/α,β-unsaturated/α-hetero) is 1. The molecule has 1 saturated carbocycles. The van der Waals surface area contributed by atoms with Gasteiger partial charge >= 0.3 is 5.97 Å². The molecule has 1 aliphatic carbocycles. The fourth-order valence-electron chi connectivity index (χ4n) is 4.02. The van der Waals surface area contributed by atoms with Crippen LogP contribution in [0.15, 0.2) is 12.1 Å². The predicted molar refractivity (Wildman–Crippen MR) is 96.6 cm³/mol. The van der Waals surface area contributed by atoms with Crippen molar-refractivity contribution < 1.29 is 19.1 Å². The molecular weight excluding hydrogens is 337 g/mol. The zero-order valence-corrected chi connectivity index (χ0v) is 14.9. The number of nitrogens with zero attached hydrogens (tertiary/aromatic N) is 3. The van der Waals surface area contributed by atoms with Crippen molar-refractivity contribution in [2.24, 2.45) is 5.92 Å². The van der Waals surface area contributed by atoms with E-state index < -0.39 is 23.5 Å². The van der Waals surface area contributed by atoms with Crippen LogP contribution in [-0.2, 0) is 4.79 Å². The monoisotopic (exact) mass is 361 g/mol. The minimum absolute atomic E-state index is 0.181. The SMILES string of the molecule is CCN1CCN(c2cc3c(cc2F)C(=O)C(C(=O)O)CN3C2CC2)CC1. The molecule has 1 saturated heterocycles. The summed E-state index contributed by atoms with van der Waals surface area (Å²) in [6.07, 6.45) is 1.98. The Morgan fingerprint density at radius 1 is 1.19 bits per heavy atom. The number of anilines is 2. The molecule has 0 radical (unpaired) electrons. The van der Waals surface area contributed by atoms with Gasteiger partial charge in [-0.15, -0.1) is 0 Å². The molecule has 1 aromatic carbocycles. The standard InChI is InChI=1S/C19H24FN3O3/c1-2-21-5-7-22(8-6-21)17-10-16-13(9-15(17)20)18(24)14(19(25)26)11-23(16)12-3-4-12/h9-10,12,14H,2-8,11H2,1H3,(H,25,26). The molecule has 7 heteroatoms. The molecule has 0 aromatic heterocycles. The first-order valence-corrected chi connectivity index (χ1v) is 9.34. The number of rotatable bonds is 4. The summed E-state index contributed by atoms with van der Waals surface area (Å²) < 4.78 is 14.8. The van der Waals surface area contributed by atoms with E-state index in [1.165, 1.54) is 6.07 Å². The molecule has 2 heterocycles. The molecule has 0 amide bonds. The summed E-state index contributed by atoms with van der Waals surface area (Å²) in [7, 11) is 0. The number of likely N-dealkylation sites (N-methyl/N-ethyl adjacent to an activating group) is 1. The van der Waals surface area contributed by atoms with E-state index in [0.717, 1.165) is 45.6 Å². The van der Waals surface area contributed by atoms with E-state index in [-0.39, 0.29) is 18.2 Å². The number of piperazine rings is 1. The lowest BCUT2D eigenvalue weighted by molar-refractivity contribution is -0.139. The van der Waals surface area contributed by atoms with Crippen molar-refractivity contribution >= 4 is 23.1 Å². The Bertz CT molecular complexity index is 742. The fourth-order valence-corrected chi connectivity index (χ4v) is 4.02. The first-order valence-electron chi connectivity index (χ1n) is 9.34. The number of carbonyl (C=O) groups is 2. The summed E-state index contributed by atoms with van der Waals surface area (Å²) in [5.41, 5.74) is 1.43. The average molecular weight is 361 g/mol. The molecule has 1 aromatic rings. The van der Waals surface area contributed by atoms with Crippen LogP contribution in [0.3, 0.4) is 0 Å². The molecule has 3 aliphatic rings. The van der Waals surface area contributed by atoms with Gasteiger partial charge in [-0.1, -0.05) is 6.92 Å². The van der Waals surface area contributed by atoms with Gasteiger partial charge in [0.25, 0.3) is 0 Å². The highest BCUT2D eigenvalue weighted by Crippen LogP contribution is 2.41. The summed E-state index contributed by atoms with van der Waals surface area (Å²) in [5, 5.41) is 9.38. The molecule has 4 rings (SSSR count). The number of carboxylic acid groups (broad SMARTS) is 1. The predicted octanol–water partition coefficient (Wildman–Crippen LogP) is 1.83. The Kier molecular flexibility index (Phi) is 4.34. The molecule has 1 atom stereocenters. The molecule has 2 fully saturated rings. The maximum Gasteiger partial charge on any atom is 0.316 e. The number of ketones is 1. The van der Waals surface area contributed by atoms with Crippen LogP contribution in [0, 0.1) is 11.7 Å². The number of carbonyl (C=O) groups excluding carboxylic acids is 1. The first kappa shape index (κ1) is 17.3. The average Bonchev–Trinajstić information content (AvgIpc) is 3.47. The Hall–Kier alpha value is -2.15. The molecule has 6 nitrogen and oxygen atoms in total. The summed E-state index contributed by atoms with van der Waals surface area (Å²) in [5.74, 6) is -3.16. The Morgan fingerprint density at radius 2 is 1.88 bits per heavy atom. The van der Waals surface area contributed by atoms with E-state index in [1.807, 2.05) is 9.80 Å². The second-order valence-electron chi connectivity index (χ2n) is 7.38. The van der Waals surface area contributed by atoms with Crippen LogP contribution >= 0.6 is 0 Å². The molecule has 1 unspecified atom stereocenters. The highest BCUT2D eigenvalue weighted by atomic mass is 19.1. The van der Waals surface area contributed by atoms with Gasteiger partial charge in [0.1, 0.15) is 11.7 Å². The summed E-state index contributed by atoms with van der Waals surface area (Å²) >= 11 is 0. The van der Waals surface area contributed by atoms with Crippen LogP contribution in [0.1, 0.15) is 30.1 Å². The molecule has 2 aliphatic heterocycles. The zero-order valence-electron chi connectivity index (χ0n) is 14.9. The fraction of sp³-hybridized carbons (Fsp3) is 0.579. The third kappa shape index (κ3) is 2.94. The Labute approximate surface area is 152 Å². The molecule has 0 spiro atoms. The summed E-state index contributed by atoms with van der Waals surface area (Å²) in [6.45, 7) is 6.56. The minimum Gasteiger partial charge on any atom is -0.481 e. The minimum atomic E-state index is -1.13. The topological polar surface area (TPSA) is 64.1 Å². The van der Waals surface area contributed by atoms with Crippen molar-refractivity contribution in [3.05, 3.63) is 23.5 Å². The van der Waals surface area contributed by atoms with E-state index in [4.69, 9.17) is 0 Å². The number of hydrogen-bond donors (Lipinski definition) is 1. The molecular formula is C19H24FN3O3. The van der Waals surface area contributed by atoms with E-state index in [9.17, 15) is 19.1 Å². The third-order valence-electron chi connectivity index (χ3n) is 5.78. The van der Waals surface area contributed by atoms with Gasteiger partial charge in [0, 0.05) is 44.3 Å². The van der Waals surface area contributed by atoms with Crippen LogP contribution < -0.4 is 9.80 Å². The Morgan fingerprint density at radius 3 is 2.46 bits per heavy atom. The van der Waals surface area contributed by atoms with Gasteiger partial charge in [-0.25, -0.2) is 4.39 Å². The maximum atomic E-state index is 14.8. The zero-order chi connectivity index (χ0) is 18.4. The highest BCUT2D eigenvalue weighted by molar-refractivity contribution is 6.13. The number of hydrogen-bond acceptors (Lipinski definition) is 5. The summed E-state index contributed by atoms with van der Waals surface area (Å²) in [4.78, 5) is 30.4. The smallest absolute Gasteiger partial charge is 0.316 e. The van der Waals surface area contributed by atoms with Crippen LogP contribution in [0.5, 0.6) is 0 Å². The second kappa shape index (κ2) is 6.54. The third-order valence-corrected chi connectivity index (χ3v) is 5.78. The normalized spacial score (nSPS) is 23.9. The summed E-state index contributed by atoms with van der Waals surface area (Å²) in [6, 6.07) is 3.28. The number of halogens is 1. The molecule has 140 valence electrons. The molecule has 26 heavy (non-hydrogen) atoms. The van der Waals surface area contributed by atoms with Gasteiger partial charge in [0.05, 0.1) is 11.4 Å². The Balaban J connectivity index is 1.69. The van der Waals surface area contributed by atoms with Gasteiger partial charge in [-0.3, -0.25) is 9.59 Å². The first-order chi connectivity index (χ1) is 12.5. The van der Waals surface area contributed by atoms with Crippen molar-refractivity contribution in [3.8, 4) is 0 Å². The number of benzene rings is 1. The van der Waals surface area contributed by atoms with Gasteiger partial charge < -0.3 is 19.8 Å². The van der Waals surface area contributed by atoms with Crippen molar-refractivity contribution in [3.63, 3.8) is 0 Å². The van der Waals surface area contributed by atoms with Crippen molar-refractivity contribution in [2.45, 2.75) is 25.8 Å². The van der Waals surface area contributed by atoms with Gasteiger partial charge in [0.2, 0.25) is 0 Å². The molecule has 0 bridgehead atoms. The molecule has 1 N–H and O–H groups in total. The van der Waals surface area contributed by atoms with Gasteiger partial charge in [0.15, 0.2) is 5.78 Å². The quantitative estimate of drug-likeness (QED) is 0.826. The van der Waals surface area contributed by atoms with Crippen LogP contribution in [0.25, 0.3) is 0 Å². The van der Waals surface area contributed by atoms with Crippen molar-refractivity contribution in [1.82, 2.24) is 4.90 Å². The van der Waals surface area contributed by atoms with Crippen LogP contribution in [0.4, 0.5) is 15.8 Å². The highest BCUT2D eigenvalue weighted by Gasteiger charge is 2.42. The van der Waals surface area contributed by atoms with Crippen molar-refractivity contribution in [2.75, 3.05) is 49.1 Å². The van der Waals surface area contributed by atoms with Crippen molar-refractivity contribution in [1.29, 1.82) is 0 Å². The number of carboxylic acids is 1. The lowest BCUT2D eigenvalue weighted by Crippen LogP contribution is -2.47. The lowest BCUT2D eigenvalue weighted by Gasteiger charge is -2.38. The second-order valence-corrected chi connectivity index (χ2v) is 7.38. The van der Waals surface area contributed by atoms with Crippen LogP contribution in [0.2, 0.25) is 0 Å². The number of aliphatic carboxylic acids is 1. The maximum absolute atomic E-state index is 14.8. The van der Waals surface area contributed by atoms with E-state index in [1.54, 1.807) is 6.07 Å². The lowest BCUT2D eigenvalue weighted by atomic mass is 9.90. The van der Waals surface area contributed by atoms with E-state index in [0.29, 0.717) is 11.4 Å². The van der Waals surface area contributed by atoms with Gasteiger partial charge in [-0.2, -0.15) is 0 Å².